The van der Waals surface area contributed by atoms with Crippen LogP contribution in [0.2, 0.25) is 0 Å². The number of carbonyl (C=O) groups is 1. The molecule has 2 saturated heterocycles. The summed E-state index contributed by atoms with van der Waals surface area (Å²) in [7, 11) is -6.74. The van der Waals surface area contributed by atoms with Crippen LogP contribution in [0.3, 0.4) is 0 Å². The second-order valence-electron chi connectivity index (χ2n) is 6.74. The van der Waals surface area contributed by atoms with Gasteiger partial charge in [0.15, 0.2) is 0 Å². The fraction of sp³-hybridized carbons (Fsp3) is 0.923. The molecule has 2 aliphatic heterocycles. The number of nitrogens with zero attached hydrogens (tertiary/aromatic N) is 1. The summed E-state index contributed by atoms with van der Waals surface area (Å²) in [6.07, 6.45) is 2.33. The number of sulfone groups is 1. The molecule has 126 valence electrons. The van der Waals surface area contributed by atoms with Gasteiger partial charge < -0.3 is 5.11 Å². The quantitative estimate of drug-likeness (QED) is 0.771. The third-order valence-electron chi connectivity index (χ3n) is 5.55. The lowest BCUT2D eigenvalue weighted by molar-refractivity contribution is -0.149. The first-order chi connectivity index (χ1) is 10.2. The zero-order valence-corrected chi connectivity index (χ0v) is 13.9. The number of sulfonamides is 1. The topological polar surface area (TPSA) is 109 Å². The van der Waals surface area contributed by atoms with Crippen LogP contribution >= 0.6 is 0 Å². The van der Waals surface area contributed by atoms with Gasteiger partial charge in [-0.15, -0.1) is 0 Å². The summed E-state index contributed by atoms with van der Waals surface area (Å²) in [6, 6.07) is 0. The van der Waals surface area contributed by atoms with Crippen molar-refractivity contribution >= 4 is 25.8 Å². The van der Waals surface area contributed by atoms with E-state index in [9.17, 15) is 26.7 Å². The smallest absolute Gasteiger partial charge is 0.311 e. The van der Waals surface area contributed by atoms with Gasteiger partial charge in [0.2, 0.25) is 10.0 Å². The fourth-order valence-electron chi connectivity index (χ4n) is 4.16. The standard InChI is InChI=1S/C13H21NO6S2/c15-12(16)13-5-1-2-10(13)8-14(9-13)22(19,20)11-3-6-21(17,18)7-4-11/h10-11H,1-9H2,(H,15,16)/t10-,13+/m0/s1. The lowest BCUT2D eigenvalue weighted by Gasteiger charge is -2.28. The number of carboxylic acids is 1. The maximum atomic E-state index is 12.7. The van der Waals surface area contributed by atoms with Crippen molar-refractivity contribution in [3.05, 3.63) is 0 Å². The average molecular weight is 351 g/mol. The number of hydrogen-bond donors (Lipinski definition) is 1. The van der Waals surface area contributed by atoms with Crippen molar-refractivity contribution in [2.24, 2.45) is 11.3 Å². The van der Waals surface area contributed by atoms with E-state index in [-0.39, 0.29) is 43.4 Å². The van der Waals surface area contributed by atoms with Crippen LogP contribution in [0.1, 0.15) is 32.1 Å². The Hall–Kier alpha value is -0.670. The molecule has 0 aromatic heterocycles. The summed E-state index contributed by atoms with van der Waals surface area (Å²) >= 11 is 0. The first-order valence-corrected chi connectivity index (χ1v) is 10.9. The molecule has 3 aliphatic rings. The monoisotopic (exact) mass is 351 g/mol. The van der Waals surface area contributed by atoms with Gasteiger partial charge in [0.25, 0.3) is 0 Å². The highest BCUT2D eigenvalue weighted by molar-refractivity contribution is 7.92. The lowest BCUT2D eigenvalue weighted by Crippen LogP contribution is -2.43. The van der Waals surface area contributed by atoms with Crippen LogP contribution in [0.15, 0.2) is 0 Å². The molecular formula is C13H21NO6S2. The molecule has 0 aromatic rings. The molecular weight excluding hydrogens is 330 g/mol. The van der Waals surface area contributed by atoms with Gasteiger partial charge in [-0.1, -0.05) is 6.42 Å². The predicted octanol–water partition coefficient (Wildman–Crippen LogP) is 0.0801. The van der Waals surface area contributed by atoms with Crippen molar-refractivity contribution in [1.82, 2.24) is 4.31 Å². The summed E-state index contributed by atoms with van der Waals surface area (Å²) in [5, 5.41) is 8.84. The van der Waals surface area contributed by atoms with Gasteiger partial charge in [0.05, 0.1) is 22.2 Å². The third-order valence-corrected chi connectivity index (χ3v) is 9.58. The van der Waals surface area contributed by atoms with E-state index in [0.717, 1.165) is 12.8 Å². The zero-order chi connectivity index (χ0) is 16.2. The van der Waals surface area contributed by atoms with Gasteiger partial charge in [0, 0.05) is 13.1 Å². The van der Waals surface area contributed by atoms with Gasteiger partial charge in [0.1, 0.15) is 9.84 Å². The van der Waals surface area contributed by atoms with Gasteiger partial charge in [-0.2, -0.15) is 0 Å². The van der Waals surface area contributed by atoms with Crippen molar-refractivity contribution in [3.8, 4) is 0 Å². The van der Waals surface area contributed by atoms with Gasteiger partial charge in [-0.3, -0.25) is 4.79 Å². The number of aliphatic carboxylic acids is 1. The summed E-state index contributed by atoms with van der Waals surface area (Å²) in [4.78, 5) is 11.6. The Morgan fingerprint density at radius 1 is 1.18 bits per heavy atom. The number of carboxylic acid groups (broad SMARTS) is 1. The van der Waals surface area contributed by atoms with E-state index in [1.54, 1.807) is 0 Å². The molecule has 0 spiro atoms. The van der Waals surface area contributed by atoms with E-state index in [0.29, 0.717) is 6.42 Å². The average Bonchev–Trinajstić information content (AvgIpc) is 2.95. The highest BCUT2D eigenvalue weighted by atomic mass is 32.2. The van der Waals surface area contributed by atoms with Crippen LogP contribution in [0.5, 0.6) is 0 Å². The molecule has 3 fully saturated rings. The molecule has 2 atom stereocenters. The Morgan fingerprint density at radius 2 is 1.82 bits per heavy atom. The summed E-state index contributed by atoms with van der Waals surface area (Å²) in [5.41, 5.74) is -0.937. The minimum absolute atomic E-state index is 0.0403. The Balaban J connectivity index is 1.79. The molecule has 0 amide bonds. The van der Waals surface area contributed by atoms with Crippen LogP contribution in [-0.4, -0.2) is 62.1 Å². The molecule has 22 heavy (non-hydrogen) atoms. The summed E-state index contributed by atoms with van der Waals surface area (Å²) in [6.45, 7) is 0.302. The predicted molar refractivity (Wildman–Crippen MR) is 79.6 cm³/mol. The van der Waals surface area contributed by atoms with E-state index < -0.39 is 36.5 Å². The second-order valence-corrected chi connectivity index (χ2v) is 11.3. The maximum Gasteiger partial charge on any atom is 0.311 e. The summed E-state index contributed by atoms with van der Waals surface area (Å²) < 4.78 is 49.7. The van der Waals surface area contributed by atoms with E-state index >= 15 is 0 Å². The molecule has 0 bridgehead atoms. The minimum atomic E-state index is -3.62. The number of hydrogen-bond acceptors (Lipinski definition) is 5. The van der Waals surface area contributed by atoms with Crippen LogP contribution < -0.4 is 0 Å². The van der Waals surface area contributed by atoms with E-state index in [2.05, 4.69) is 0 Å². The fourth-order valence-corrected chi connectivity index (χ4v) is 8.00. The Labute approximate surface area is 130 Å². The van der Waals surface area contributed by atoms with Crippen molar-refractivity contribution in [2.75, 3.05) is 24.6 Å². The largest absolute Gasteiger partial charge is 0.481 e. The number of fused-ring (bicyclic) bond motifs is 1. The SMILES string of the molecule is O=C(O)[C@@]12CCC[C@H]1CN(S(=O)(=O)C1CCS(=O)(=O)CC1)C2. The lowest BCUT2D eigenvalue weighted by atomic mass is 9.81. The van der Waals surface area contributed by atoms with Gasteiger partial charge in [-0.05, 0) is 31.6 Å². The van der Waals surface area contributed by atoms with Crippen molar-refractivity contribution in [1.29, 1.82) is 0 Å². The molecule has 3 rings (SSSR count). The van der Waals surface area contributed by atoms with Crippen molar-refractivity contribution in [3.63, 3.8) is 0 Å². The molecule has 0 aromatic carbocycles. The number of rotatable bonds is 3. The van der Waals surface area contributed by atoms with Crippen molar-refractivity contribution in [2.45, 2.75) is 37.4 Å². The van der Waals surface area contributed by atoms with Crippen molar-refractivity contribution < 1.29 is 26.7 Å². The molecule has 0 radical (unpaired) electrons. The van der Waals surface area contributed by atoms with E-state index in [4.69, 9.17) is 0 Å². The second kappa shape index (κ2) is 5.17. The van der Waals surface area contributed by atoms with Crippen LogP contribution in [0.25, 0.3) is 0 Å². The third kappa shape index (κ3) is 2.46. The molecule has 9 heteroatoms. The van der Waals surface area contributed by atoms with Crippen LogP contribution in [0.4, 0.5) is 0 Å². The Kier molecular flexibility index (Phi) is 3.81. The highest BCUT2D eigenvalue weighted by Gasteiger charge is 2.57. The Bertz CT molecular complexity index is 671. The summed E-state index contributed by atoms with van der Waals surface area (Å²) in [5.74, 6) is -1.22. The van der Waals surface area contributed by atoms with Gasteiger partial charge >= 0.3 is 5.97 Å². The zero-order valence-electron chi connectivity index (χ0n) is 12.3. The van der Waals surface area contributed by atoms with Crippen LogP contribution in [-0.2, 0) is 24.7 Å². The molecule has 0 unspecified atom stereocenters. The highest BCUT2D eigenvalue weighted by Crippen LogP contribution is 2.50. The van der Waals surface area contributed by atoms with E-state index in [1.807, 2.05) is 0 Å². The Morgan fingerprint density at radius 3 is 2.36 bits per heavy atom. The molecule has 7 nitrogen and oxygen atoms in total. The normalized spacial score (nSPS) is 36.3. The molecule has 1 saturated carbocycles. The maximum absolute atomic E-state index is 12.7. The molecule has 2 heterocycles. The van der Waals surface area contributed by atoms with Crippen LogP contribution in [0, 0.1) is 11.3 Å². The van der Waals surface area contributed by atoms with E-state index in [1.165, 1.54) is 4.31 Å². The molecule has 1 aliphatic carbocycles. The minimum Gasteiger partial charge on any atom is -0.481 e. The molecule has 1 N–H and O–H groups in total. The first-order valence-electron chi connectivity index (χ1n) is 7.60. The van der Waals surface area contributed by atoms with Gasteiger partial charge in [-0.25, -0.2) is 21.1 Å². The first kappa shape index (κ1) is 16.2.